The number of aryl methyl sites for hydroxylation is 1. The third-order valence-corrected chi connectivity index (χ3v) is 7.08. The molecule has 0 radical (unpaired) electrons. The Labute approximate surface area is 212 Å². The molecule has 1 N–H and O–H groups in total. The molecule has 0 saturated carbocycles. The Bertz CT molecular complexity index is 1490. The van der Waals surface area contributed by atoms with Gasteiger partial charge in [0.05, 0.1) is 35.5 Å². The number of rotatable bonds is 6. The molecule has 7 nitrogen and oxygen atoms in total. The molecular weight excluding hydrogens is 476 g/mol. The van der Waals surface area contributed by atoms with E-state index in [0.717, 1.165) is 10.3 Å². The highest BCUT2D eigenvalue weighted by molar-refractivity contribution is 7.22. The molecule has 0 bridgehead atoms. The highest BCUT2D eigenvalue weighted by atomic mass is 32.1. The van der Waals surface area contributed by atoms with E-state index in [1.165, 1.54) is 16.2 Å². The number of carbonyl (C=O) groups excluding carboxylic acids is 2. The van der Waals surface area contributed by atoms with Crippen molar-refractivity contribution < 1.29 is 24.2 Å². The number of ketones is 1. The fourth-order valence-electron chi connectivity index (χ4n) is 4.25. The predicted molar refractivity (Wildman–Crippen MR) is 140 cm³/mol. The lowest BCUT2D eigenvalue weighted by Gasteiger charge is -2.23. The number of nitrogens with zero attached hydrogens (tertiary/aromatic N) is 2. The van der Waals surface area contributed by atoms with Crippen LogP contribution in [0, 0.1) is 6.92 Å². The average molecular weight is 501 g/mol. The van der Waals surface area contributed by atoms with Gasteiger partial charge in [-0.3, -0.25) is 14.5 Å². The molecule has 1 saturated heterocycles. The molecule has 4 aromatic rings. The molecule has 1 fully saturated rings. The summed E-state index contributed by atoms with van der Waals surface area (Å²) in [7, 11) is 1.58. The van der Waals surface area contributed by atoms with E-state index in [1.54, 1.807) is 37.4 Å². The molecule has 2 heterocycles. The first-order valence-corrected chi connectivity index (χ1v) is 12.3. The van der Waals surface area contributed by atoms with Crippen molar-refractivity contribution >= 4 is 44.1 Å². The van der Waals surface area contributed by atoms with Crippen molar-refractivity contribution in [2.24, 2.45) is 0 Å². The lowest BCUT2D eigenvalue weighted by atomic mass is 9.95. The van der Waals surface area contributed by atoms with E-state index in [0.29, 0.717) is 39.9 Å². The summed E-state index contributed by atoms with van der Waals surface area (Å²) in [6, 6.07) is 18.9. The number of methoxy groups -OCH3 is 1. The summed E-state index contributed by atoms with van der Waals surface area (Å²) in [5.74, 6) is -0.421. The van der Waals surface area contributed by atoms with E-state index < -0.39 is 17.7 Å². The van der Waals surface area contributed by atoms with Gasteiger partial charge < -0.3 is 14.6 Å². The van der Waals surface area contributed by atoms with Crippen LogP contribution in [-0.2, 0) is 9.59 Å². The average Bonchev–Trinajstić information content (AvgIpc) is 3.42. The third kappa shape index (κ3) is 4.09. The van der Waals surface area contributed by atoms with Gasteiger partial charge in [-0.1, -0.05) is 41.2 Å². The molecular formula is C28H24N2O5S. The molecule has 1 aromatic heterocycles. The van der Waals surface area contributed by atoms with Gasteiger partial charge in [0.15, 0.2) is 5.13 Å². The largest absolute Gasteiger partial charge is 0.507 e. The molecule has 1 aliphatic rings. The minimum Gasteiger partial charge on any atom is -0.507 e. The van der Waals surface area contributed by atoms with Gasteiger partial charge in [0.1, 0.15) is 17.3 Å². The number of hydrogen-bond donors (Lipinski definition) is 1. The minimum absolute atomic E-state index is 0.0184. The monoisotopic (exact) mass is 500 g/mol. The van der Waals surface area contributed by atoms with E-state index in [2.05, 4.69) is 4.98 Å². The molecule has 1 aliphatic heterocycles. The van der Waals surface area contributed by atoms with Gasteiger partial charge in [0, 0.05) is 5.56 Å². The summed E-state index contributed by atoms with van der Waals surface area (Å²) in [4.78, 5) is 32.8. The standard InChI is InChI=1S/C28H24N2O5S/c1-4-35-19-11-9-18(10-12-19)25(31)23-24(17-7-5-16(2)6-8-17)30(27(33)26(23)32)28-29-21-14-13-20(34-3)15-22(21)36-28/h5-15,24,31H,4H2,1-3H3/b25-23+/t24-/m0/s1. The number of carbonyl (C=O) groups is 2. The maximum atomic E-state index is 13.4. The maximum absolute atomic E-state index is 13.4. The summed E-state index contributed by atoms with van der Waals surface area (Å²) in [5, 5.41) is 11.7. The second kappa shape index (κ2) is 9.47. The number of benzene rings is 3. The van der Waals surface area contributed by atoms with E-state index in [-0.39, 0.29) is 11.3 Å². The van der Waals surface area contributed by atoms with Crippen LogP contribution in [0.1, 0.15) is 29.7 Å². The normalized spacial score (nSPS) is 17.1. The third-order valence-electron chi connectivity index (χ3n) is 6.07. The lowest BCUT2D eigenvalue weighted by molar-refractivity contribution is -0.132. The first-order chi connectivity index (χ1) is 17.4. The Kier molecular flexibility index (Phi) is 6.20. The van der Waals surface area contributed by atoms with Crippen LogP contribution in [0.5, 0.6) is 11.5 Å². The Morgan fingerprint density at radius 3 is 2.39 bits per heavy atom. The van der Waals surface area contributed by atoms with Crippen LogP contribution in [0.4, 0.5) is 5.13 Å². The van der Waals surface area contributed by atoms with Crippen LogP contribution < -0.4 is 14.4 Å². The zero-order valence-corrected chi connectivity index (χ0v) is 20.8. The number of Topliss-reactive ketones (excluding diaryl/α,β-unsaturated/α-hetero) is 1. The number of aliphatic hydroxyl groups excluding tert-OH is 1. The summed E-state index contributed by atoms with van der Waals surface area (Å²) in [5.41, 5.74) is 2.86. The molecule has 0 spiro atoms. The quantitative estimate of drug-likeness (QED) is 0.209. The van der Waals surface area contributed by atoms with Gasteiger partial charge in [-0.15, -0.1) is 0 Å². The van der Waals surface area contributed by atoms with E-state index in [9.17, 15) is 14.7 Å². The number of thiazole rings is 1. The number of fused-ring (bicyclic) bond motifs is 1. The molecule has 8 heteroatoms. The molecule has 182 valence electrons. The van der Waals surface area contributed by atoms with Crippen molar-refractivity contribution in [3.8, 4) is 11.5 Å². The molecule has 36 heavy (non-hydrogen) atoms. The van der Waals surface area contributed by atoms with Crippen LogP contribution in [0.2, 0.25) is 0 Å². The summed E-state index contributed by atoms with van der Waals surface area (Å²) < 4.78 is 11.6. The van der Waals surface area contributed by atoms with Gasteiger partial charge in [0.25, 0.3) is 5.78 Å². The Balaban J connectivity index is 1.67. The van der Waals surface area contributed by atoms with Crippen LogP contribution in [0.25, 0.3) is 16.0 Å². The van der Waals surface area contributed by atoms with Crippen molar-refractivity contribution in [2.45, 2.75) is 19.9 Å². The lowest BCUT2D eigenvalue weighted by Crippen LogP contribution is -2.29. The van der Waals surface area contributed by atoms with Crippen molar-refractivity contribution in [1.29, 1.82) is 0 Å². The minimum atomic E-state index is -0.834. The summed E-state index contributed by atoms with van der Waals surface area (Å²) in [6.07, 6.45) is 0. The smallest absolute Gasteiger partial charge is 0.301 e. The van der Waals surface area contributed by atoms with Gasteiger partial charge in [-0.05, 0) is 61.9 Å². The molecule has 1 atom stereocenters. The van der Waals surface area contributed by atoms with Gasteiger partial charge >= 0.3 is 5.91 Å². The van der Waals surface area contributed by atoms with Gasteiger partial charge in [0.2, 0.25) is 0 Å². The van der Waals surface area contributed by atoms with Crippen LogP contribution in [0.15, 0.2) is 72.3 Å². The number of anilines is 1. The zero-order chi connectivity index (χ0) is 25.4. The zero-order valence-electron chi connectivity index (χ0n) is 20.0. The topological polar surface area (TPSA) is 89.0 Å². The van der Waals surface area contributed by atoms with E-state index in [4.69, 9.17) is 9.47 Å². The van der Waals surface area contributed by atoms with Crippen molar-refractivity contribution in [1.82, 2.24) is 4.98 Å². The van der Waals surface area contributed by atoms with Crippen molar-refractivity contribution in [3.05, 3.63) is 89.0 Å². The summed E-state index contributed by atoms with van der Waals surface area (Å²) in [6.45, 7) is 4.36. The highest BCUT2D eigenvalue weighted by Crippen LogP contribution is 2.44. The SMILES string of the molecule is CCOc1ccc(/C(O)=C2\C(=O)C(=O)N(c3nc4ccc(OC)cc4s3)[C@H]2c2ccc(C)cc2)cc1. The Morgan fingerprint density at radius 2 is 1.72 bits per heavy atom. The molecule has 0 unspecified atom stereocenters. The maximum Gasteiger partial charge on any atom is 0.301 e. The first-order valence-electron chi connectivity index (χ1n) is 11.5. The fourth-order valence-corrected chi connectivity index (χ4v) is 5.27. The highest BCUT2D eigenvalue weighted by Gasteiger charge is 2.48. The number of amides is 1. The fraction of sp³-hybridized carbons (Fsp3) is 0.179. The molecule has 1 amide bonds. The predicted octanol–water partition coefficient (Wildman–Crippen LogP) is 5.64. The van der Waals surface area contributed by atoms with Crippen LogP contribution >= 0.6 is 11.3 Å². The van der Waals surface area contributed by atoms with Crippen molar-refractivity contribution in [3.63, 3.8) is 0 Å². The molecule has 0 aliphatic carbocycles. The van der Waals surface area contributed by atoms with Crippen LogP contribution in [0.3, 0.4) is 0 Å². The Hall–Kier alpha value is -4.17. The Morgan fingerprint density at radius 1 is 1.03 bits per heavy atom. The van der Waals surface area contributed by atoms with Gasteiger partial charge in [-0.25, -0.2) is 4.98 Å². The second-order valence-electron chi connectivity index (χ2n) is 8.37. The number of hydrogen-bond acceptors (Lipinski definition) is 7. The first kappa shape index (κ1) is 23.6. The van der Waals surface area contributed by atoms with Gasteiger partial charge in [-0.2, -0.15) is 0 Å². The van der Waals surface area contributed by atoms with E-state index >= 15 is 0 Å². The molecule has 3 aromatic carbocycles. The second-order valence-corrected chi connectivity index (χ2v) is 9.38. The molecule has 5 rings (SSSR count). The number of aliphatic hydroxyl groups is 1. The van der Waals surface area contributed by atoms with Crippen LogP contribution in [-0.4, -0.2) is 35.5 Å². The summed E-state index contributed by atoms with van der Waals surface area (Å²) >= 11 is 1.29. The van der Waals surface area contributed by atoms with E-state index in [1.807, 2.05) is 50.2 Å². The number of aromatic nitrogens is 1. The number of ether oxygens (including phenoxy) is 2. The van der Waals surface area contributed by atoms with Crippen molar-refractivity contribution in [2.75, 3.05) is 18.6 Å².